The van der Waals surface area contributed by atoms with Crippen molar-refractivity contribution in [1.29, 1.82) is 0 Å². The molecule has 1 aliphatic carbocycles. The van der Waals surface area contributed by atoms with Crippen LogP contribution in [-0.2, 0) is 19.4 Å². The van der Waals surface area contributed by atoms with Crippen molar-refractivity contribution >= 4 is 17.2 Å². The van der Waals surface area contributed by atoms with Gasteiger partial charge in [0.2, 0.25) is 0 Å². The van der Waals surface area contributed by atoms with Crippen LogP contribution < -0.4 is 10.1 Å². The van der Waals surface area contributed by atoms with Crippen molar-refractivity contribution in [3.63, 3.8) is 0 Å². The zero-order valence-corrected chi connectivity index (χ0v) is 15.4. The topological polar surface area (TPSA) is 77.0 Å². The normalized spacial score (nSPS) is 13.4. The van der Waals surface area contributed by atoms with Gasteiger partial charge < -0.3 is 10.1 Å². The number of nitrogens with zero attached hydrogens (tertiary/aromatic N) is 3. The molecule has 8 heteroatoms. The molecule has 2 aromatic heterocycles. The molecule has 2 heterocycles. The molecule has 0 unspecified atom stereocenters. The van der Waals surface area contributed by atoms with Gasteiger partial charge in [0, 0.05) is 31.3 Å². The van der Waals surface area contributed by atoms with E-state index < -0.39 is 0 Å². The van der Waals surface area contributed by atoms with E-state index in [-0.39, 0.29) is 24.4 Å². The standard InChI is InChI=1S/C19H17FN4O2S/c1-11-18(19(25)24-13-8-15-16(9-13)22-7-6-21-15)27-17(23-11)10-26-14-4-2-12(20)3-5-14/h2-7,13H,8-10H2,1H3,(H,24,25). The minimum absolute atomic E-state index is 0.00434. The Hall–Kier alpha value is -2.87. The number of thiazole rings is 1. The van der Waals surface area contributed by atoms with Crippen LogP contribution in [0.15, 0.2) is 36.7 Å². The van der Waals surface area contributed by atoms with Gasteiger partial charge in [-0.25, -0.2) is 9.37 Å². The van der Waals surface area contributed by atoms with Crippen LogP contribution in [-0.4, -0.2) is 26.9 Å². The van der Waals surface area contributed by atoms with E-state index in [1.165, 1.54) is 23.5 Å². The number of aryl methyl sites for hydroxylation is 1. The molecule has 138 valence electrons. The molecule has 1 aromatic carbocycles. The van der Waals surface area contributed by atoms with Crippen LogP contribution in [0.1, 0.15) is 31.8 Å². The number of benzene rings is 1. The first kappa shape index (κ1) is 17.5. The Kier molecular flexibility index (Phi) is 4.81. The summed E-state index contributed by atoms with van der Waals surface area (Å²) in [6.07, 6.45) is 4.72. The predicted molar refractivity (Wildman–Crippen MR) is 98.3 cm³/mol. The first-order chi connectivity index (χ1) is 13.1. The molecule has 4 rings (SSSR count). The van der Waals surface area contributed by atoms with Gasteiger partial charge in [0.1, 0.15) is 28.1 Å². The van der Waals surface area contributed by atoms with Gasteiger partial charge in [-0.05, 0) is 31.2 Å². The molecule has 1 amide bonds. The Morgan fingerprint density at radius 2 is 1.89 bits per heavy atom. The van der Waals surface area contributed by atoms with Crippen molar-refractivity contribution in [1.82, 2.24) is 20.3 Å². The van der Waals surface area contributed by atoms with Crippen LogP contribution in [0, 0.1) is 12.7 Å². The zero-order chi connectivity index (χ0) is 18.8. The minimum Gasteiger partial charge on any atom is -0.486 e. The van der Waals surface area contributed by atoms with E-state index >= 15 is 0 Å². The molecule has 0 saturated heterocycles. The number of aromatic nitrogens is 3. The van der Waals surface area contributed by atoms with E-state index in [1.54, 1.807) is 31.5 Å². The van der Waals surface area contributed by atoms with Gasteiger partial charge in [-0.2, -0.15) is 0 Å². The molecule has 0 bridgehead atoms. The lowest BCUT2D eigenvalue weighted by molar-refractivity contribution is 0.0942. The number of nitrogens with one attached hydrogen (secondary N) is 1. The summed E-state index contributed by atoms with van der Waals surface area (Å²) in [7, 11) is 0. The fourth-order valence-electron chi connectivity index (χ4n) is 3.03. The fraction of sp³-hybridized carbons (Fsp3) is 0.263. The van der Waals surface area contributed by atoms with Crippen LogP contribution in [0.25, 0.3) is 0 Å². The number of carbonyl (C=O) groups is 1. The van der Waals surface area contributed by atoms with Crippen LogP contribution in [0.2, 0.25) is 0 Å². The molecule has 1 N–H and O–H groups in total. The Morgan fingerprint density at radius 3 is 2.56 bits per heavy atom. The quantitative estimate of drug-likeness (QED) is 0.732. The zero-order valence-electron chi connectivity index (χ0n) is 14.6. The molecule has 27 heavy (non-hydrogen) atoms. The molecule has 0 radical (unpaired) electrons. The summed E-state index contributed by atoms with van der Waals surface area (Å²) in [6, 6.07) is 5.79. The number of ether oxygens (including phenoxy) is 1. The second kappa shape index (κ2) is 7.40. The third-order valence-electron chi connectivity index (χ3n) is 4.30. The minimum atomic E-state index is -0.314. The van der Waals surface area contributed by atoms with Gasteiger partial charge in [0.15, 0.2) is 0 Å². The van der Waals surface area contributed by atoms with E-state index in [1.807, 2.05) is 0 Å². The van der Waals surface area contributed by atoms with Crippen molar-refractivity contribution in [2.45, 2.75) is 32.4 Å². The highest BCUT2D eigenvalue weighted by atomic mass is 32.1. The van der Waals surface area contributed by atoms with Crippen LogP contribution >= 0.6 is 11.3 Å². The summed E-state index contributed by atoms with van der Waals surface area (Å²) in [5.74, 6) is 0.0978. The molecule has 0 aliphatic heterocycles. The summed E-state index contributed by atoms with van der Waals surface area (Å²) < 4.78 is 18.5. The Bertz CT molecular complexity index is 949. The van der Waals surface area contributed by atoms with Crippen molar-refractivity contribution in [3.05, 3.63) is 69.4 Å². The Balaban J connectivity index is 1.38. The van der Waals surface area contributed by atoms with E-state index in [9.17, 15) is 9.18 Å². The molecular formula is C19H17FN4O2S. The summed E-state index contributed by atoms with van der Waals surface area (Å²) >= 11 is 1.30. The van der Waals surface area contributed by atoms with Crippen molar-refractivity contribution in [2.24, 2.45) is 0 Å². The second-order valence-corrected chi connectivity index (χ2v) is 7.38. The average Bonchev–Trinajstić information content (AvgIpc) is 3.23. The van der Waals surface area contributed by atoms with Crippen molar-refractivity contribution in [3.8, 4) is 5.75 Å². The van der Waals surface area contributed by atoms with E-state index in [4.69, 9.17) is 4.74 Å². The van der Waals surface area contributed by atoms with E-state index in [0.717, 1.165) is 11.4 Å². The summed E-state index contributed by atoms with van der Waals surface area (Å²) in [5.41, 5.74) is 2.55. The largest absolute Gasteiger partial charge is 0.486 e. The van der Waals surface area contributed by atoms with Gasteiger partial charge >= 0.3 is 0 Å². The van der Waals surface area contributed by atoms with Crippen LogP contribution in [0.4, 0.5) is 4.39 Å². The number of carbonyl (C=O) groups excluding carboxylic acids is 1. The van der Waals surface area contributed by atoms with Crippen molar-refractivity contribution in [2.75, 3.05) is 0 Å². The van der Waals surface area contributed by atoms with Gasteiger partial charge in [0.05, 0.1) is 17.1 Å². The summed E-state index contributed by atoms with van der Waals surface area (Å²) in [4.78, 5) is 26.2. The number of fused-ring (bicyclic) bond motifs is 1. The predicted octanol–water partition coefficient (Wildman–Crippen LogP) is 2.86. The fourth-order valence-corrected chi connectivity index (χ4v) is 3.91. The number of hydrogen-bond acceptors (Lipinski definition) is 6. The molecule has 1 aliphatic rings. The van der Waals surface area contributed by atoms with E-state index in [2.05, 4.69) is 20.3 Å². The first-order valence-corrected chi connectivity index (χ1v) is 9.34. The monoisotopic (exact) mass is 384 g/mol. The number of amides is 1. The SMILES string of the molecule is Cc1nc(COc2ccc(F)cc2)sc1C(=O)NC1Cc2nccnc2C1. The highest BCUT2D eigenvalue weighted by Crippen LogP contribution is 2.22. The molecule has 0 saturated carbocycles. The average molecular weight is 384 g/mol. The van der Waals surface area contributed by atoms with Crippen LogP contribution in [0.5, 0.6) is 5.75 Å². The van der Waals surface area contributed by atoms with Crippen molar-refractivity contribution < 1.29 is 13.9 Å². The lowest BCUT2D eigenvalue weighted by atomic mass is 10.2. The molecule has 3 aromatic rings. The van der Waals surface area contributed by atoms with Gasteiger partial charge in [-0.3, -0.25) is 14.8 Å². The molecular weight excluding hydrogens is 367 g/mol. The maximum Gasteiger partial charge on any atom is 0.263 e. The Morgan fingerprint density at radius 1 is 1.22 bits per heavy atom. The first-order valence-electron chi connectivity index (χ1n) is 8.53. The number of rotatable bonds is 5. The molecule has 0 atom stereocenters. The smallest absolute Gasteiger partial charge is 0.263 e. The number of halogens is 1. The van der Waals surface area contributed by atoms with Gasteiger partial charge in [-0.1, -0.05) is 0 Å². The maximum absolute atomic E-state index is 12.9. The molecule has 0 fully saturated rings. The highest BCUT2D eigenvalue weighted by molar-refractivity contribution is 7.13. The number of hydrogen-bond donors (Lipinski definition) is 1. The Labute approximate surface area is 159 Å². The van der Waals surface area contributed by atoms with Gasteiger partial charge in [0.25, 0.3) is 5.91 Å². The lowest BCUT2D eigenvalue weighted by Gasteiger charge is -2.10. The van der Waals surface area contributed by atoms with E-state index in [0.29, 0.717) is 34.2 Å². The second-order valence-electron chi connectivity index (χ2n) is 6.29. The molecule has 0 spiro atoms. The molecule has 6 nitrogen and oxygen atoms in total. The third kappa shape index (κ3) is 3.95. The third-order valence-corrected chi connectivity index (χ3v) is 5.43. The lowest BCUT2D eigenvalue weighted by Crippen LogP contribution is -2.35. The van der Waals surface area contributed by atoms with Gasteiger partial charge in [-0.15, -0.1) is 11.3 Å². The summed E-state index contributed by atoms with van der Waals surface area (Å²) in [6.45, 7) is 2.03. The summed E-state index contributed by atoms with van der Waals surface area (Å²) in [5, 5.41) is 3.74. The highest BCUT2D eigenvalue weighted by Gasteiger charge is 2.26. The van der Waals surface area contributed by atoms with Crippen LogP contribution in [0.3, 0.4) is 0 Å². The maximum atomic E-state index is 12.9.